The summed E-state index contributed by atoms with van der Waals surface area (Å²) in [6, 6.07) is 9.51. The first-order chi connectivity index (χ1) is 8.45. The molecule has 1 aromatic carbocycles. The highest BCUT2D eigenvalue weighted by molar-refractivity contribution is 9.10. The van der Waals surface area contributed by atoms with Gasteiger partial charge in [0.15, 0.2) is 0 Å². The zero-order valence-electron chi connectivity index (χ0n) is 11.7. The van der Waals surface area contributed by atoms with Gasteiger partial charge in [0.05, 0.1) is 0 Å². The van der Waals surface area contributed by atoms with Gasteiger partial charge < -0.3 is 5.32 Å². The van der Waals surface area contributed by atoms with E-state index in [1.165, 1.54) is 22.9 Å². The van der Waals surface area contributed by atoms with Crippen molar-refractivity contribution in [2.24, 2.45) is 11.3 Å². The van der Waals surface area contributed by atoms with Gasteiger partial charge >= 0.3 is 0 Å². The minimum Gasteiger partial charge on any atom is -0.314 e. The van der Waals surface area contributed by atoms with Crippen molar-refractivity contribution in [1.29, 1.82) is 0 Å². The van der Waals surface area contributed by atoms with Crippen LogP contribution in [0.15, 0.2) is 28.7 Å². The molecule has 1 fully saturated rings. The van der Waals surface area contributed by atoms with E-state index in [0.29, 0.717) is 11.3 Å². The zero-order valence-corrected chi connectivity index (χ0v) is 13.3. The van der Waals surface area contributed by atoms with E-state index in [9.17, 15) is 0 Å². The van der Waals surface area contributed by atoms with Gasteiger partial charge in [-0.3, -0.25) is 0 Å². The molecule has 0 heterocycles. The molecule has 1 aliphatic rings. The minimum atomic E-state index is 0.351. The molecule has 1 aliphatic carbocycles. The molecule has 1 atom stereocenters. The van der Waals surface area contributed by atoms with Crippen LogP contribution in [-0.2, 0) is 6.42 Å². The van der Waals surface area contributed by atoms with Crippen LogP contribution in [0.2, 0.25) is 0 Å². The summed E-state index contributed by atoms with van der Waals surface area (Å²) in [5.41, 5.74) is 1.78. The van der Waals surface area contributed by atoms with E-state index in [2.05, 4.69) is 66.3 Å². The van der Waals surface area contributed by atoms with E-state index in [4.69, 9.17) is 0 Å². The molecule has 100 valence electrons. The fraction of sp³-hybridized carbons (Fsp3) is 0.625. The molecule has 18 heavy (non-hydrogen) atoms. The summed E-state index contributed by atoms with van der Waals surface area (Å²) in [7, 11) is 0. The average Bonchev–Trinajstić information content (AvgIpc) is 3.06. The van der Waals surface area contributed by atoms with Crippen LogP contribution in [0, 0.1) is 11.3 Å². The number of benzene rings is 1. The zero-order chi connectivity index (χ0) is 13.2. The van der Waals surface area contributed by atoms with Crippen molar-refractivity contribution in [3.8, 4) is 0 Å². The maximum absolute atomic E-state index is 3.69. The summed E-state index contributed by atoms with van der Waals surface area (Å²) >= 11 is 3.56. The SMILES string of the molecule is CC(C)(C)C(CNC1CC1)Cc1cccc(Br)c1. The molecule has 0 amide bonds. The first-order valence-corrected chi connectivity index (χ1v) is 7.72. The molecule has 1 N–H and O–H groups in total. The highest BCUT2D eigenvalue weighted by atomic mass is 79.9. The van der Waals surface area contributed by atoms with E-state index in [0.717, 1.165) is 19.0 Å². The van der Waals surface area contributed by atoms with Gasteiger partial charge in [0.25, 0.3) is 0 Å². The Labute approximate surface area is 119 Å². The standard InChI is InChI=1S/C16H24BrN/c1-16(2,3)13(11-18-15-7-8-15)9-12-5-4-6-14(17)10-12/h4-6,10,13,15,18H,7-9,11H2,1-3H3. The number of nitrogens with one attached hydrogen (secondary N) is 1. The van der Waals surface area contributed by atoms with Crippen molar-refractivity contribution >= 4 is 15.9 Å². The van der Waals surface area contributed by atoms with Gasteiger partial charge in [-0.1, -0.05) is 48.8 Å². The fourth-order valence-corrected chi connectivity index (χ4v) is 2.68. The largest absolute Gasteiger partial charge is 0.314 e. The summed E-state index contributed by atoms with van der Waals surface area (Å²) in [6.45, 7) is 8.19. The van der Waals surface area contributed by atoms with Gasteiger partial charge in [0.2, 0.25) is 0 Å². The third-order valence-corrected chi connectivity index (χ3v) is 4.32. The highest BCUT2D eigenvalue weighted by Crippen LogP contribution is 2.30. The summed E-state index contributed by atoms with van der Waals surface area (Å²) in [5.74, 6) is 0.687. The third kappa shape index (κ3) is 4.40. The van der Waals surface area contributed by atoms with Crippen LogP contribution in [0.1, 0.15) is 39.2 Å². The molecule has 0 aromatic heterocycles. The maximum Gasteiger partial charge on any atom is 0.0177 e. The van der Waals surface area contributed by atoms with E-state index in [-0.39, 0.29) is 0 Å². The van der Waals surface area contributed by atoms with Crippen LogP contribution >= 0.6 is 15.9 Å². The van der Waals surface area contributed by atoms with E-state index >= 15 is 0 Å². The lowest BCUT2D eigenvalue weighted by molar-refractivity contribution is 0.230. The van der Waals surface area contributed by atoms with E-state index in [1.54, 1.807) is 0 Å². The Morgan fingerprint density at radius 3 is 2.61 bits per heavy atom. The quantitative estimate of drug-likeness (QED) is 0.849. The second-order valence-corrected chi connectivity index (χ2v) is 7.50. The molecule has 0 radical (unpaired) electrons. The Hall–Kier alpha value is -0.340. The molecule has 0 spiro atoms. The molecule has 2 rings (SSSR count). The summed E-state index contributed by atoms with van der Waals surface area (Å²) < 4.78 is 1.18. The first kappa shape index (κ1) is 14.1. The molecular formula is C16H24BrN. The van der Waals surface area contributed by atoms with Crippen molar-refractivity contribution in [1.82, 2.24) is 5.32 Å². The second kappa shape index (κ2) is 5.75. The van der Waals surface area contributed by atoms with Crippen LogP contribution in [0.5, 0.6) is 0 Å². The average molecular weight is 310 g/mol. The molecule has 0 saturated heterocycles. The lowest BCUT2D eigenvalue weighted by atomic mass is 9.77. The van der Waals surface area contributed by atoms with Crippen LogP contribution in [0.4, 0.5) is 0 Å². The number of hydrogen-bond acceptors (Lipinski definition) is 1. The van der Waals surface area contributed by atoms with Gasteiger partial charge in [0.1, 0.15) is 0 Å². The summed E-state index contributed by atoms with van der Waals surface area (Å²) in [6.07, 6.45) is 3.89. The second-order valence-electron chi connectivity index (χ2n) is 6.58. The molecule has 1 unspecified atom stereocenters. The van der Waals surface area contributed by atoms with Crippen molar-refractivity contribution in [2.75, 3.05) is 6.54 Å². The first-order valence-electron chi connectivity index (χ1n) is 6.93. The fourth-order valence-electron chi connectivity index (χ4n) is 2.23. The van der Waals surface area contributed by atoms with Crippen molar-refractivity contribution in [3.63, 3.8) is 0 Å². The van der Waals surface area contributed by atoms with Crippen LogP contribution in [0.3, 0.4) is 0 Å². The summed E-state index contributed by atoms with van der Waals surface area (Å²) in [4.78, 5) is 0. The minimum absolute atomic E-state index is 0.351. The van der Waals surface area contributed by atoms with Crippen LogP contribution in [0.25, 0.3) is 0 Å². The summed E-state index contributed by atoms with van der Waals surface area (Å²) in [5, 5.41) is 3.69. The normalized spacial score (nSPS) is 17.8. The van der Waals surface area contributed by atoms with Gasteiger partial charge in [-0.15, -0.1) is 0 Å². The Morgan fingerprint density at radius 2 is 2.06 bits per heavy atom. The van der Waals surface area contributed by atoms with Gasteiger partial charge in [-0.2, -0.15) is 0 Å². The van der Waals surface area contributed by atoms with Gasteiger partial charge in [0, 0.05) is 10.5 Å². The number of hydrogen-bond donors (Lipinski definition) is 1. The lowest BCUT2D eigenvalue weighted by Crippen LogP contribution is -2.34. The predicted octanol–water partition coefficient (Wildman–Crippen LogP) is 4.41. The molecule has 0 bridgehead atoms. The molecule has 1 nitrogen and oxygen atoms in total. The highest BCUT2D eigenvalue weighted by Gasteiger charge is 2.28. The van der Waals surface area contributed by atoms with Crippen molar-refractivity contribution in [3.05, 3.63) is 34.3 Å². The molecule has 0 aliphatic heterocycles. The van der Waals surface area contributed by atoms with Crippen molar-refractivity contribution in [2.45, 2.75) is 46.1 Å². The Bertz CT molecular complexity index is 390. The van der Waals surface area contributed by atoms with E-state index in [1.807, 2.05) is 0 Å². The lowest BCUT2D eigenvalue weighted by Gasteiger charge is -2.31. The molecule has 1 saturated carbocycles. The third-order valence-electron chi connectivity index (χ3n) is 3.83. The predicted molar refractivity (Wildman–Crippen MR) is 81.8 cm³/mol. The Morgan fingerprint density at radius 1 is 1.33 bits per heavy atom. The van der Waals surface area contributed by atoms with Crippen molar-refractivity contribution < 1.29 is 0 Å². The van der Waals surface area contributed by atoms with Crippen LogP contribution < -0.4 is 5.32 Å². The molecular weight excluding hydrogens is 286 g/mol. The van der Waals surface area contributed by atoms with E-state index < -0.39 is 0 Å². The topological polar surface area (TPSA) is 12.0 Å². The number of rotatable bonds is 5. The number of halogens is 1. The Balaban J connectivity index is 1.99. The molecule has 1 aromatic rings. The smallest absolute Gasteiger partial charge is 0.0177 e. The van der Waals surface area contributed by atoms with Gasteiger partial charge in [-0.25, -0.2) is 0 Å². The maximum atomic E-state index is 3.69. The van der Waals surface area contributed by atoms with Crippen LogP contribution in [-0.4, -0.2) is 12.6 Å². The Kier molecular flexibility index (Phi) is 4.50. The van der Waals surface area contributed by atoms with Gasteiger partial charge in [-0.05, 0) is 54.8 Å². The monoisotopic (exact) mass is 309 g/mol. The molecule has 2 heteroatoms.